The fourth-order valence-corrected chi connectivity index (χ4v) is 1.47. The second-order valence-electron chi connectivity index (χ2n) is 4.42. The summed E-state index contributed by atoms with van der Waals surface area (Å²) in [6, 6.07) is 0. The smallest absolute Gasteiger partial charge is 0.222 e. The number of amides is 1. The van der Waals surface area contributed by atoms with E-state index < -0.39 is 0 Å². The van der Waals surface area contributed by atoms with Crippen molar-refractivity contribution >= 4 is 5.91 Å². The predicted molar refractivity (Wildman–Crippen MR) is 66.5 cm³/mol. The summed E-state index contributed by atoms with van der Waals surface area (Å²) in [4.78, 5) is 15.6. The number of nitrogens with zero attached hydrogens (tertiary/aromatic N) is 2. The summed E-state index contributed by atoms with van der Waals surface area (Å²) < 4.78 is 4.95. The Bertz CT molecular complexity index is 184. The molecule has 0 aromatic carbocycles. The van der Waals surface area contributed by atoms with E-state index in [0.717, 1.165) is 39.0 Å². The molecule has 0 rings (SSSR count). The normalized spacial score (nSPS) is 10.8. The van der Waals surface area contributed by atoms with Gasteiger partial charge in [0.25, 0.3) is 0 Å². The predicted octanol–water partition coefficient (Wildman–Crippen LogP) is 1.21. The Morgan fingerprint density at radius 2 is 1.75 bits per heavy atom. The number of methoxy groups -OCH3 is 1. The van der Waals surface area contributed by atoms with Crippen LogP contribution in [0.3, 0.4) is 0 Å². The lowest BCUT2D eigenvalue weighted by Gasteiger charge is -2.17. The number of hydrogen-bond acceptors (Lipinski definition) is 3. The molecule has 0 aliphatic carbocycles. The molecular weight excluding hydrogens is 204 g/mol. The van der Waals surface area contributed by atoms with Crippen molar-refractivity contribution in [3.63, 3.8) is 0 Å². The number of unbranched alkanes of at least 4 members (excludes halogenated alkanes) is 1. The van der Waals surface area contributed by atoms with Gasteiger partial charge in [-0.2, -0.15) is 0 Å². The molecule has 0 aliphatic heterocycles. The molecule has 4 nitrogen and oxygen atoms in total. The highest BCUT2D eigenvalue weighted by Gasteiger charge is 2.07. The van der Waals surface area contributed by atoms with Crippen LogP contribution in [-0.2, 0) is 9.53 Å². The minimum absolute atomic E-state index is 0.245. The van der Waals surface area contributed by atoms with Gasteiger partial charge in [0.15, 0.2) is 0 Å². The summed E-state index contributed by atoms with van der Waals surface area (Å²) in [6.45, 7) is 2.57. The molecule has 16 heavy (non-hydrogen) atoms. The topological polar surface area (TPSA) is 32.8 Å². The summed E-state index contributed by atoms with van der Waals surface area (Å²) >= 11 is 0. The summed E-state index contributed by atoms with van der Waals surface area (Å²) in [7, 11) is 7.66. The van der Waals surface area contributed by atoms with Crippen LogP contribution in [0.25, 0.3) is 0 Å². The Labute approximate surface area is 99.5 Å². The fraction of sp³-hybridized carbons (Fsp3) is 0.917. The second kappa shape index (κ2) is 9.60. The largest absolute Gasteiger partial charge is 0.385 e. The summed E-state index contributed by atoms with van der Waals surface area (Å²) in [5.41, 5.74) is 0. The first kappa shape index (κ1) is 15.4. The van der Waals surface area contributed by atoms with Gasteiger partial charge in [-0.05, 0) is 39.9 Å². The molecule has 1 amide bonds. The van der Waals surface area contributed by atoms with Gasteiger partial charge < -0.3 is 14.5 Å². The van der Waals surface area contributed by atoms with Crippen LogP contribution in [0.1, 0.15) is 25.7 Å². The Morgan fingerprint density at radius 1 is 1.06 bits per heavy atom. The van der Waals surface area contributed by atoms with E-state index in [1.54, 1.807) is 12.0 Å². The van der Waals surface area contributed by atoms with E-state index in [2.05, 4.69) is 19.0 Å². The monoisotopic (exact) mass is 230 g/mol. The van der Waals surface area contributed by atoms with Gasteiger partial charge in [0.2, 0.25) is 5.91 Å². The Hall–Kier alpha value is -0.610. The summed E-state index contributed by atoms with van der Waals surface area (Å²) in [5.74, 6) is 0.245. The Balaban J connectivity index is 3.47. The van der Waals surface area contributed by atoms with Crippen LogP contribution >= 0.6 is 0 Å². The highest BCUT2D eigenvalue weighted by atomic mass is 16.5. The van der Waals surface area contributed by atoms with E-state index in [4.69, 9.17) is 4.74 Å². The molecule has 0 fully saturated rings. The van der Waals surface area contributed by atoms with Crippen molar-refractivity contribution in [2.24, 2.45) is 0 Å². The first-order chi connectivity index (χ1) is 7.57. The van der Waals surface area contributed by atoms with Gasteiger partial charge in [-0.25, -0.2) is 0 Å². The van der Waals surface area contributed by atoms with E-state index in [1.165, 1.54) is 0 Å². The third kappa shape index (κ3) is 8.68. The van der Waals surface area contributed by atoms with Gasteiger partial charge in [-0.15, -0.1) is 0 Å². The average molecular weight is 230 g/mol. The standard InChI is InChI=1S/C12H26N2O2/c1-13(2)9-6-5-8-12(15)14(3)10-7-11-16-4/h5-11H2,1-4H3. The van der Waals surface area contributed by atoms with Crippen LogP contribution in [0, 0.1) is 0 Å². The van der Waals surface area contributed by atoms with Crippen molar-refractivity contribution in [2.45, 2.75) is 25.7 Å². The van der Waals surface area contributed by atoms with Gasteiger partial charge >= 0.3 is 0 Å². The number of carbonyl (C=O) groups excluding carboxylic acids is 1. The number of rotatable bonds is 9. The number of carbonyl (C=O) groups is 1. The quantitative estimate of drug-likeness (QED) is 0.558. The third-order valence-electron chi connectivity index (χ3n) is 2.51. The van der Waals surface area contributed by atoms with E-state index >= 15 is 0 Å². The van der Waals surface area contributed by atoms with Gasteiger partial charge in [0, 0.05) is 33.7 Å². The Kier molecular flexibility index (Phi) is 9.24. The molecular formula is C12H26N2O2. The maximum absolute atomic E-state index is 11.7. The van der Waals surface area contributed by atoms with Crippen LogP contribution in [-0.4, -0.2) is 63.7 Å². The number of ether oxygens (including phenoxy) is 1. The molecule has 0 radical (unpaired) electrons. The van der Waals surface area contributed by atoms with Crippen molar-refractivity contribution in [2.75, 3.05) is 47.9 Å². The molecule has 0 aromatic rings. The van der Waals surface area contributed by atoms with Crippen LogP contribution in [0.4, 0.5) is 0 Å². The molecule has 96 valence electrons. The zero-order chi connectivity index (χ0) is 12.4. The SMILES string of the molecule is COCCCN(C)C(=O)CCCCN(C)C. The van der Waals surface area contributed by atoms with Crippen LogP contribution in [0.15, 0.2) is 0 Å². The second-order valence-corrected chi connectivity index (χ2v) is 4.42. The Morgan fingerprint density at radius 3 is 2.31 bits per heavy atom. The molecule has 0 heterocycles. The van der Waals surface area contributed by atoms with E-state index in [1.807, 2.05) is 7.05 Å². The van der Waals surface area contributed by atoms with E-state index in [9.17, 15) is 4.79 Å². The third-order valence-corrected chi connectivity index (χ3v) is 2.51. The molecule has 0 unspecified atom stereocenters. The molecule has 0 aliphatic rings. The van der Waals surface area contributed by atoms with Gasteiger partial charge in [-0.1, -0.05) is 0 Å². The summed E-state index contributed by atoms with van der Waals surface area (Å²) in [5, 5.41) is 0. The zero-order valence-electron chi connectivity index (χ0n) is 11.2. The van der Waals surface area contributed by atoms with Crippen molar-refractivity contribution in [1.29, 1.82) is 0 Å². The minimum Gasteiger partial charge on any atom is -0.385 e. The lowest BCUT2D eigenvalue weighted by Crippen LogP contribution is -2.28. The maximum atomic E-state index is 11.7. The molecule has 0 saturated heterocycles. The molecule has 0 N–H and O–H groups in total. The highest BCUT2D eigenvalue weighted by molar-refractivity contribution is 5.75. The van der Waals surface area contributed by atoms with Gasteiger partial charge in [0.05, 0.1) is 0 Å². The average Bonchev–Trinajstić information content (AvgIpc) is 2.24. The first-order valence-electron chi connectivity index (χ1n) is 5.95. The lowest BCUT2D eigenvalue weighted by atomic mass is 10.2. The first-order valence-corrected chi connectivity index (χ1v) is 5.95. The fourth-order valence-electron chi connectivity index (χ4n) is 1.47. The van der Waals surface area contributed by atoms with E-state index in [-0.39, 0.29) is 5.91 Å². The van der Waals surface area contributed by atoms with Crippen LogP contribution < -0.4 is 0 Å². The van der Waals surface area contributed by atoms with Crippen molar-refractivity contribution in [1.82, 2.24) is 9.80 Å². The zero-order valence-corrected chi connectivity index (χ0v) is 11.2. The lowest BCUT2D eigenvalue weighted by molar-refractivity contribution is -0.130. The molecule has 4 heteroatoms. The molecule has 0 spiro atoms. The van der Waals surface area contributed by atoms with Gasteiger partial charge in [0.1, 0.15) is 0 Å². The van der Waals surface area contributed by atoms with Crippen molar-refractivity contribution < 1.29 is 9.53 Å². The molecule has 0 saturated carbocycles. The van der Waals surface area contributed by atoms with Crippen molar-refractivity contribution in [3.05, 3.63) is 0 Å². The van der Waals surface area contributed by atoms with Crippen LogP contribution in [0.5, 0.6) is 0 Å². The summed E-state index contributed by atoms with van der Waals surface area (Å²) in [6.07, 6.45) is 3.64. The van der Waals surface area contributed by atoms with Crippen LogP contribution in [0.2, 0.25) is 0 Å². The maximum Gasteiger partial charge on any atom is 0.222 e. The van der Waals surface area contributed by atoms with Crippen molar-refractivity contribution in [3.8, 4) is 0 Å². The molecule has 0 atom stereocenters. The van der Waals surface area contributed by atoms with Gasteiger partial charge in [-0.3, -0.25) is 4.79 Å². The molecule has 0 aromatic heterocycles. The minimum atomic E-state index is 0.245. The highest BCUT2D eigenvalue weighted by Crippen LogP contribution is 2.01. The van der Waals surface area contributed by atoms with E-state index in [0.29, 0.717) is 6.42 Å². The molecule has 0 bridgehead atoms. The number of hydrogen-bond donors (Lipinski definition) is 0.